The van der Waals surface area contributed by atoms with Crippen molar-refractivity contribution in [2.45, 2.75) is 20.4 Å². The monoisotopic (exact) mass is 260 g/mol. The number of nitriles is 1. The fourth-order valence-corrected chi connectivity index (χ4v) is 1.70. The molecule has 2 aromatic rings. The zero-order valence-electron chi connectivity index (χ0n) is 10.6. The van der Waals surface area contributed by atoms with E-state index in [9.17, 15) is 4.39 Å². The van der Waals surface area contributed by atoms with Gasteiger partial charge >= 0.3 is 0 Å². The van der Waals surface area contributed by atoms with Crippen molar-refractivity contribution < 1.29 is 9.13 Å². The van der Waals surface area contributed by atoms with E-state index in [1.54, 1.807) is 17.7 Å². The van der Waals surface area contributed by atoms with Gasteiger partial charge in [0.1, 0.15) is 28.9 Å². The molecule has 0 amide bonds. The first-order valence-electron chi connectivity index (χ1n) is 5.77. The Morgan fingerprint density at radius 3 is 2.89 bits per heavy atom. The first-order chi connectivity index (χ1) is 9.08. The molecule has 0 aliphatic rings. The Bertz CT molecular complexity index is 657. The van der Waals surface area contributed by atoms with Crippen LogP contribution in [0.1, 0.15) is 18.2 Å². The van der Waals surface area contributed by atoms with Crippen molar-refractivity contribution in [3.63, 3.8) is 0 Å². The number of aromatic nitrogens is 2. The lowest BCUT2D eigenvalue weighted by Gasteiger charge is -2.09. The fourth-order valence-electron chi connectivity index (χ4n) is 1.70. The van der Waals surface area contributed by atoms with Crippen LogP contribution >= 0.6 is 0 Å². The molecule has 0 spiro atoms. The van der Waals surface area contributed by atoms with Gasteiger partial charge in [0, 0.05) is 6.54 Å². The predicted octanol–water partition coefficient (Wildman–Crippen LogP) is 2.60. The summed E-state index contributed by atoms with van der Waals surface area (Å²) in [7, 11) is 0. The second-order valence-corrected chi connectivity index (χ2v) is 3.95. The molecule has 19 heavy (non-hydrogen) atoms. The normalized spacial score (nSPS) is 10.2. The average Bonchev–Trinajstić information content (AvgIpc) is 2.67. The Kier molecular flexibility index (Phi) is 3.38. The fraction of sp³-hybridized carbons (Fsp3) is 0.231. The molecule has 0 bridgehead atoms. The first kappa shape index (κ1) is 12.9. The minimum absolute atomic E-state index is 0.129. The molecule has 5 nitrogen and oxygen atoms in total. The number of hydrogen-bond donors (Lipinski definition) is 1. The molecule has 1 aromatic heterocycles. The zero-order valence-corrected chi connectivity index (χ0v) is 10.6. The van der Waals surface area contributed by atoms with Crippen molar-refractivity contribution in [3.8, 4) is 17.7 Å². The minimum atomic E-state index is -0.627. The van der Waals surface area contributed by atoms with Gasteiger partial charge in [-0.3, -0.25) is 0 Å². The zero-order chi connectivity index (χ0) is 14.0. The van der Waals surface area contributed by atoms with E-state index in [1.165, 1.54) is 18.2 Å². The highest BCUT2D eigenvalue weighted by Crippen LogP contribution is 2.32. The van der Waals surface area contributed by atoms with Crippen LogP contribution in [0.2, 0.25) is 0 Å². The van der Waals surface area contributed by atoms with Crippen LogP contribution in [-0.2, 0) is 6.54 Å². The van der Waals surface area contributed by atoms with Crippen LogP contribution in [0.3, 0.4) is 0 Å². The highest BCUT2D eigenvalue weighted by Gasteiger charge is 2.17. The van der Waals surface area contributed by atoms with Gasteiger partial charge in [-0.15, -0.1) is 0 Å². The van der Waals surface area contributed by atoms with Gasteiger partial charge in [0.25, 0.3) is 0 Å². The van der Waals surface area contributed by atoms with Gasteiger partial charge in [0.05, 0.1) is 5.69 Å². The van der Waals surface area contributed by atoms with E-state index in [0.717, 1.165) is 0 Å². The summed E-state index contributed by atoms with van der Waals surface area (Å²) in [5.74, 6) is -0.177. The summed E-state index contributed by atoms with van der Waals surface area (Å²) in [5.41, 5.74) is 6.74. The summed E-state index contributed by atoms with van der Waals surface area (Å²) in [6.45, 7) is 4.20. The van der Waals surface area contributed by atoms with E-state index >= 15 is 0 Å². The largest absolute Gasteiger partial charge is 0.436 e. The molecule has 0 atom stereocenters. The standard InChI is InChI=1S/C13H13FN4O/c1-3-18-13(12(16)8(2)17-18)19-11-6-4-5-10(14)9(11)7-15/h4-6H,3,16H2,1-2H3. The van der Waals surface area contributed by atoms with Crippen LogP contribution in [0.5, 0.6) is 11.6 Å². The van der Waals surface area contributed by atoms with Crippen LogP contribution in [0.4, 0.5) is 10.1 Å². The number of halogens is 1. The third kappa shape index (κ3) is 2.22. The van der Waals surface area contributed by atoms with Crippen molar-refractivity contribution >= 4 is 5.69 Å². The van der Waals surface area contributed by atoms with Gasteiger partial charge in [-0.2, -0.15) is 10.4 Å². The van der Waals surface area contributed by atoms with Crippen molar-refractivity contribution in [2.24, 2.45) is 0 Å². The van der Waals surface area contributed by atoms with Crippen molar-refractivity contribution in [1.82, 2.24) is 9.78 Å². The van der Waals surface area contributed by atoms with Gasteiger partial charge in [-0.1, -0.05) is 6.07 Å². The molecule has 98 valence electrons. The van der Waals surface area contributed by atoms with E-state index < -0.39 is 5.82 Å². The lowest BCUT2D eigenvalue weighted by Crippen LogP contribution is -2.02. The number of hydrogen-bond acceptors (Lipinski definition) is 4. The lowest BCUT2D eigenvalue weighted by atomic mass is 10.2. The Hall–Kier alpha value is -2.55. The molecule has 0 saturated carbocycles. The van der Waals surface area contributed by atoms with Gasteiger partial charge in [0.2, 0.25) is 5.88 Å². The molecule has 2 N–H and O–H groups in total. The minimum Gasteiger partial charge on any atom is -0.436 e. The van der Waals surface area contributed by atoms with Gasteiger partial charge in [0.15, 0.2) is 0 Å². The molecular formula is C13H13FN4O. The maximum atomic E-state index is 13.5. The number of anilines is 1. The van der Waals surface area contributed by atoms with Gasteiger partial charge in [-0.05, 0) is 26.0 Å². The molecule has 2 rings (SSSR count). The number of aryl methyl sites for hydroxylation is 2. The second-order valence-electron chi connectivity index (χ2n) is 3.95. The van der Waals surface area contributed by atoms with E-state index in [4.69, 9.17) is 15.7 Å². The highest BCUT2D eigenvalue weighted by molar-refractivity contribution is 5.55. The summed E-state index contributed by atoms with van der Waals surface area (Å²) >= 11 is 0. The summed E-state index contributed by atoms with van der Waals surface area (Å²) in [6, 6.07) is 5.97. The third-order valence-electron chi connectivity index (χ3n) is 2.72. The topological polar surface area (TPSA) is 76.9 Å². The average molecular weight is 260 g/mol. The van der Waals surface area contributed by atoms with Crippen molar-refractivity contribution in [1.29, 1.82) is 5.26 Å². The van der Waals surface area contributed by atoms with Crippen LogP contribution in [0, 0.1) is 24.1 Å². The molecule has 1 aromatic carbocycles. The van der Waals surface area contributed by atoms with E-state index in [2.05, 4.69) is 5.10 Å². The second kappa shape index (κ2) is 4.98. The van der Waals surface area contributed by atoms with Crippen LogP contribution in [-0.4, -0.2) is 9.78 Å². The lowest BCUT2D eigenvalue weighted by molar-refractivity contribution is 0.414. The molecular weight excluding hydrogens is 247 g/mol. The van der Waals surface area contributed by atoms with E-state index in [0.29, 0.717) is 23.8 Å². The summed E-state index contributed by atoms with van der Waals surface area (Å²) < 4.78 is 20.6. The first-order valence-corrected chi connectivity index (χ1v) is 5.77. The molecule has 0 radical (unpaired) electrons. The number of nitrogens with two attached hydrogens (primary N) is 1. The SMILES string of the molecule is CCn1nc(C)c(N)c1Oc1cccc(F)c1C#N. The Labute approximate surface area is 110 Å². The molecule has 0 unspecified atom stereocenters. The maximum absolute atomic E-state index is 13.5. The summed E-state index contributed by atoms with van der Waals surface area (Å²) in [4.78, 5) is 0. The molecule has 0 aliphatic heterocycles. The molecule has 0 saturated heterocycles. The number of ether oxygens (including phenoxy) is 1. The Balaban J connectivity index is 2.48. The third-order valence-corrected chi connectivity index (χ3v) is 2.72. The molecule has 0 aliphatic carbocycles. The van der Waals surface area contributed by atoms with Crippen molar-refractivity contribution in [3.05, 3.63) is 35.3 Å². The van der Waals surface area contributed by atoms with E-state index in [-0.39, 0.29) is 11.3 Å². The number of benzene rings is 1. The van der Waals surface area contributed by atoms with E-state index in [1.807, 2.05) is 6.92 Å². The number of nitrogen functional groups attached to an aromatic ring is 1. The quantitative estimate of drug-likeness (QED) is 0.920. The number of rotatable bonds is 3. The van der Waals surface area contributed by atoms with Crippen LogP contribution < -0.4 is 10.5 Å². The number of nitrogens with zero attached hydrogens (tertiary/aromatic N) is 3. The highest BCUT2D eigenvalue weighted by atomic mass is 19.1. The summed E-state index contributed by atoms with van der Waals surface area (Å²) in [5, 5.41) is 13.1. The predicted molar refractivity (Wildman–Crippen MR) is 68.2 cm³/mol. The van der Waals surface area contributed by atoms with Crippen LogP contribution in [0.25, 0.3) is 0 Å². The van der Waals surface area contributed by atoms with Crippen LogP contribution in [0.15, 0.2) is 18.2 Å². The smallest absolute Gasteiger partial charge is 0.241 e. The maximum Gasteiger partial charge on any atom is 0.241 e. The molecule has 6 heteroatoms. The summed E-state index contributed by atoms with van der Waals surface area (Å²) in [6.07, 6.45) is 0. The Morgan fingerprint density at radius 2 is 2.26 bits per heavy atom. The molecule has 1 heterocycles. The Morgan fingerprint density at radius 1 is 1.53 bits per heavy atom. The van der Waals surface area contributed by atoms with Crippen molar-refractivity contribution in [2.75, 3.05) is 5.73 Å². The van der Waals surface area contributed by atoms with Gasteiger partial charge < -0.3 is 10.5 Å². The molecule has 0 fully saturated rings. The van der Waals surface area contributed by atoms with Gasteiger partial charge in [-0.25, -0.2) is 9.07 Å².